The molecule has 2 amide bonds. The number of nitrogens with zero attached hydrogens (tertiary/aromatic N) is 1. The van der Waals surface area contributed by atoms with Crippen LogP contribution in [0.25, 0.3) is 0 Å². The van der Waals surface area contributed by atoms with Gasteiger partial charge in [0.25, 0.3) is 5.91 Å². The molecule has 2 N–H and O–H groups in total. The van der Waals surface area contributed by atoms with Crippen molar-refractivity contribution in [2.45, 2.75) is 33.6 Å². The van der Waals surface area contributed by atoms with Gasteiger partial charge in [0.15, 0.2) is 0 Å². The maximum atomic E-state index is 12.4. The predicted octanol–water partition coefficient (Wildman–Crippen LogP) is 3.90. The highest BCUT2D eigenvalue weighted by molar-refractivity contribution is 5.96. The van der Waals surface area contributed by atoms with Gasteiger partial charge in [-0.3, -0.25) is 9.59 Å². The van der Waals surface area contributed by atoms with Gasteiger partial charge in [-0.2, -0.15) is 0 Å². The molecule has 0 atom stereocenters. The van der Waals surface area contributed by atoms with E-state index < -0.39 is 0 Å². The Labute approximate surface area is 160 Å². The van der Waals surface area contributed by atoms with Crippen LogP contribution in [0.4, 0.5) is 11.4 Å². The molecule has 142 valence electrons. The Kier molecular flexibility index (Phi) is 5.79. The number of carbonyl (C=O) groups is 2. The third-order valence-electron chi connectivity index (χ3n) is 4.92. The van der Waals surface area contributed by atoms with Crippen LogP contribution in [0.15, 0.2) is 36.4 Å². The quantitative estimate of drug-likeness (QED) is 0.845. The molecule has 1 aliphatic heterocycles. The highest BCUT2D eigenvalue weighted by atomic mass is 16.2. The van der Waals surface area contributed by atoms with E-state index in [1.54, 1.807) is 0 Å². The molecule has 27 heavy (non-hydrogen) atoms. The Morgan fingerprint density at radius 2 is 1.56 bits per heavy atom. The second-order valence-corrected chi connectivity index (χ2v) is 7.25. The molecule has 1 fully saturated rings. The SMILES string of the molecule is Cc1cc(C)c(NC(=O)CNc2ccc(C(=O)N3CCCC3)cc2)c(C)c1. The number of anilines is 2. The van der Waals surface area contributed by atoms with Crippen LogP contribution >= 0.6 is 0 Å². The van der Waals surface area contributed by atoms with E-state index in [0.717, 1.165) is 48.4 Å². The third kappa shape index (κ3) is 4.67. The molecule has 3 rings (SSSR count). The number of likely N-dealkylation sites (tertiary alicyclic amines) is 1. The minimum atomic E-state index is -0.0951. The average Bonchev–Trinajstić information content (AvgIpc) is 3.17. The van der Waals surface area contributed by atoms with E-state index in [-0.39, 0.29) is 18.4 Å². The van der Waals surface area contributed by atoms with Crippen molar-refractivity contribution in [1.29, 1.82) is 0 Å². The Morgan fingerprint density at radius 3 is 2.15 bits per heavy atom. The molecule has 0 radical (unpaired) electrons. The summed E-state index contributed by atoms with van der Waals surface area (Å²) in [5.41, 5.74) is 5.69. The maximum absolute atomic E-state index is 12.4. The predicted molar refractivity (Wildman–Crippen MR) is 109 cm³/mol. The van der Waals surface area contributed by atoms with Gasteiger partial charge in [-0.05, 0) is 69.0 Å². The Bertz CT molecular complexity index is 814. The summed E-state index contributed by atoms with van der Waals surface area (Å²) in [6.07, 6.45) is 2.17. The maximum Gasteiger partial charge on any atom is 0.253 e. The van der Waals surface area contributed by atoms with Crippen molar-refractivity contribution in [2.75, 3.05) is 30.3 Å². The van der Waals surface area contributed by atoms with Crippen molar-refractivity contribution in [3.8, 4) is 0 Å². The fraction of sp³-hybridized carbons (Fsp3) is 0.364. The first-order chi connectivity index (χ1) is 12.9. The highest BCUT2D eigenvalue weighted by Gasteiger charge is 2.19. The van der Waals surface area contributed by atoms with Crippen molar-refractivity contribution in [1.82, 2.24) is 4.90 Å². The van der Waals surface area contributed by atoms with Crippen LogP contribution in [-0.4, -0.2) is 36.3 Å². The van der Waals surface area contributed by atoms with Crippen molar-refractivity contribution < 1.29 is 9.59 Å². The van der Waals surface area contributed by atoms with Crippen LogP contribution in [0, 0.1) is 20.8 Å². The Morgan fingerprint density at radius 1 is 0.963 bits per heavy atom. The summed E-state index contributed by atoms with van der Waals surface area (Å²) in [4.78, 5) is 26.5. The van der Waals surface area contributed by atoms with Gasteiger partial charge in [-0.1, -0.05) is 17.7 Å². The summed E-state index contributed by atoms with van der Waals surface area (Å²) in [6, 6.07) is 11.4. The fourth-order valence-corrected chi connectivity index (χ4v) is 3.58. The summed E-state index contributed by atoms with van der Waals surface area (Å²) >= 11 is 0. The number of hydrogen-bond acceptors (Lipinski definition) is 3. The van der Waals surface area contributed by atoms with Crippen molar-refractivity contribution >= 4 is 23.2 Å². The van der Waals surface area contributed by atoms with Gasteiger partial charge in [-0.15, -0.1) is 0 Å². The molecular weight excluding hydrogens is 338 g/mol. The smallest absolute Gasteiger partial charge is 0.253 e. The van der Waals surface area contributed by atoms with E-state index in [1.807, 2.05) is 49.9 Å². The third-order valence-corrected chi connectivity index (χ3v) is 4.92. The van der Waals surface area contributed by atoms with Crippen LogP contribution in [0.1, 0.15) is 39.9 Å². The number of aryl methyl sites for hydroxylation is 3. The molecule has 0 spiro atoms. The molecule has 0 aliphatic carbocycles. The first-order valence-corrected chi connectivity index (χ1v) is 9.45. The highest BCUT2D eigenvalue weighted by Crippen LogP contribution is 2.22. The average molecular weight is 365 g/mol. The lowest BCUT2D eigenvalue weighted by atomic mass is 10.1. The molecule has 1 aliphatic rings. The Balaban J connectivity index is 1.55. The van der Waals surface area contributed by atoms with E-state index >= 15 is 0 Å². The zero-order valence-electron chi connectivity index (χ0n) is 16.3. The number of amides is 2. The lowest BCUT2D eigenvalue weighted by Crippen LogP contribution is -2.27. The Hall–Kier alpha value is -2.82. The monoisotopic (exact) mass is 365 g/mol. The molecule has 2 aromatic carbocycles. The van der Waals surface area contributed by atoms with Gasteiger partial charge < -0.3 is 15.5 Å². The number of carbonyl (C=O) groups excluding carboxylic acids is 2. The van der Waals surface area contributed by atoms with Crippen molar-refractivity contribution in [3.63, 3.8) is 0 Å². The van der Waals surface area contributed by atoms with E-state index in [0.29, 0.717) is 5.56 Å². The minimum Gasteiger partial charge on any atom is -0.376 e. The molecule has 0 unspecified atom stereocenters. The summed E-state index contributed by atoms with van der Waals surface area (Å²) in [5, 5.41) is 6.09. The van der Waals surface area contributed by atoms with Crippen LogP contribution in [0.5, 0.6) is 0 Å². The molecule has 0 aromatic heterocycles. The van der Waals surface area contributed by atoms with Crippen LogP contribution < -0.4 is 10.6 Å². The number of nitrogens with one attached hydrogen (secondary N) is 2. The van der Waals surface area contributed by atoms with Crippen LogP contribution in [0.2, 0.25) is 0 Å². The molecule has 1 saturated heterocycles. The topological polar surface area (TPSA) is 61.4 Å². The molecule has 5 nitrogen and oxygen atoms in total. The lowest BCUT2D eigenvalue weighted by molar-refractivity contribution is -0.114. The van der Waals surface area contributed by atoms with Gasteiger partial charge in [0, 0.05) is 30.0 Å². The second kappa shape index (κ2) is 8.25. The first-order valence-electron chi connectivity index (χ1n) is 9.45. The van der Waals surface area contributed by atoms with Gasteiger partial charge in [0.05, 0.1) is 6.54 Å². The largest absolute Gasteiger partial charge is 0.376 e. The standard InChI is InChI=1S/C22H27N3O2/c1-15-12-16(2)21(17(3)13-15)24-20(26)14-23-19-8-6-18(7-9-19)22(27)25-10-4-5-11-25/h6-9,12-13,23H,4-5,10-11,14H2,1-3H3,(H,24,26). The fourth-order valence-electron chi connectivity index (χ4n) is 3.58. The van der Waals surface area contributed by atoms with Crippen molar-refractivity contribution in [3.05, 3.63) is 58.7 Å². The zero-order valence-corrected chi connectivity index (χ0v) is 16.3. The number of benzene rings is 2. The number of hydrogen-bond donors (Lipinski definition) is 2. The van der Waals surface area contributed by atoms with Gasteiger partial charge in [-0.25, -0.2) is 0 Å². The molecule has 0 bridgehead atoms. The molecule has 1 heterocycles. The molecule has 5 heteroatoms. The van der Waals surface area contributed by atoms with Crippen LogP contribution in [0.3, 0.4) is 0 Å². The van der Waals surface area contributed by atoms with E-state index in [9.17, 15) is 9.59 Å². The van der Waals surface area contributed by atoms with E-state index in [1.165, 1.54) is 5.56 Å². The van der Waals surface area contributed by atoms with Gasteiger partial charge >= 0.3 is 0 Å². The summed E-state index contributed by atoms with van der Waals surface area (Å²) in [7, 11) is 0. The van der Waals surface area contributed by atoms with Crippen LogP contribution in [-0.2, 0) is 4.79 Å². The summed E-state index contributed by atoms with van der Waals surface area (Å²) < 4.78 is 0. The van der Waals surface area contributed by atoms with Crippen molar-refractivity contribution in [2.24, 2.45) is 0 Å². The summed E-state index contributed by atoms with van der Waals surface area (Å²) in [5.74, 6) is -0.00983. The molecular formula is C22H27N3O2. The number of rotatable bonds is 5. The zero-order chi connectivity index (χ0) is 19.4. The second-order valence-electron chi connectivity index (χ2n) is 7.25. The summed E-state index contributed by atoms with van der Waals surface area (Å²) in [6.45, 7) is 7.91. The molecule has 0 saturated carbocycles. The first kappa shape index (κ1) is 19.0. The lowest BCUT2D eigenvalue weighted by Gasteiger charge is -2.16. The minimum absolute atomic E-state index is 0.0853. The van der Waals surface area contributed by atoms with E-state index in [2.05, 4.69) is 22.8 Å². The van der Waals surface area contributed by atoms with Gasteiger partial charge in [0.1, 0.15) is 0 Å². The van der Waals surface area contributed by atoms with Gasteiger partial charge in [0.2, 0.25) is 5.91 Å². The van der Waals surface area contributed by atoms with E-state index in [4.69, 9.17) is 0 Å². The molecule has 2 aromatic rings. The normalized spacial score (nSPS) is 13.5.